The number of nitrogen functional groups attached to an aromatic ring is 1. The Morgan fingerprint density at radius 1 is 1.29 bits per heavy atom. The molecule has 21 heavy (non-hydrogen) atoms. The van der Waals surface area contributed by atoms with E-state index in [4.69, 9.17) is 22.2 Å². The van der Waals surface area contributed by atoms with Crippen LogP contribution in [0.15, 0.2) is 28.7 Å². The summed E-state index contributed by atoms with van der Waals surface area (Å²) in [6, 6.07) is 7.23. The van der Waals surface area contributed by atoms with Crippen LogP contribution in [0, 0.1) is 0 Å². The van der Waals surface area contributed by atoms with Crippen LogP contribution < -0.4 is 16.6 Å². The van der Waals surface area contributed by atoms with Gasteiger partial charge in [-0.2, -0.15) is 0 Å². The molecule has 0 fully saturated rings. The highest BCUT2D eigenvalue weighted by Crippen LogP contribution is 2.28. The van der Waals surface area contributed by atoms with Crippen molar-refractivity contribution in [1.82, 2.24) is 9.97 Å². The summed E-state index contributed by atoms with van der Waals surface area (Å²) in [6.07, 6.45) is 0. The standard InChI is InChI=1S/C13H15BrClN5O/c1-2-21-7-13-18-11(6-12(19-13)20-16)17-10-4-3-8(14)5-9(10)15/h3-6H,2,7,16H2,1H3,(H2,17,18,19,20). The number of ether oxygens (including phenoxy) is 1. The van der Waals surface area contributed by atoms with Crippen molar-refractivity contribution in [2.75, 3.05) is 17.3 Å². The van der Waals surface area contributed by atoms with Crippen molar-refractivity contribution in [3.63, 3.8) is 0 Å². The quantitative estimate of drug-likeness (QED) is 0.532. The number of rotatable bonds is 6. The summed E-state index contributed by atoms with van der Waals surface area (Å²) in [6.45, 7) is 2.81. The molecule has 0 aliphatic heterocycles. The highest BCUT2D eigenvalue weighted by molar-refractivity contribution is 9.10. The molecule has 1 heterocycles. The molecule has 2 rings (SSSR count). The lowest BCUT2D eigenvalue weighted by atomic mass is 10.3. The Balaban J connectivity index is 2.25. The minimum absolute atomic E-state index is 0.314. The van der Waals surface area contributed by atoms with Gasteiger partial charge in [0.15, 0.2) is 5.82 Å². The zero-order chi connectivity index (χ0) is 15.2. The van der Waals surface area contributed by atoms with Crippen LogP contribution >= 0.6 is 27.5 Å². The van der Waals surface area contributed by atoms with Crippen LogP contribution in [-0.2, 0) is 11.3 Å². The first-order chi connectivity index (χ1) is 10.1. The number of hydrazine groups is 1. The summed E-state index contributed by atoms with van der Waals surface area (Å²) in [4.78, 5) is 8.58. The number of benzene rings is 1. The summed E-state index contributed by atoms with van der Waals surface area (Å²) in [5.74, 6) is 7.03. The van der Waals surface area contributed by atoms with Gasteiger partial charge >= 0.3 is 0 Å². The highest BCUT2D eigenvalue weighted by atomic mass is 79.9. The summed E-state index contributed by atoms with van der Waals surface area (Å²) >= 11 is 9.54. The zero-order valence-electron chi connectivity index (χ0n) is 11.4. The second-order valence-corrected chi connectivity index (χ2v) is 5.41. The lowest BCUT2D eigenvalue weighted by molar-refractivity contribution is 0.128. The molecule has 0 spiro atoms. The fourth-order valence-electron chi connectivity index (χ4n) is 1.62. The Hall–Kier alpha value is -1.41. The smallest absolute Gasteiger partial charge is 0.158 e. The van der Waals surface area contributed by atoms with Crippen molar-refractivity contribution in [2.24, 2.45) is 5.84 Å². The third kappa shape index (κ3) is 4.53. The fraction of sp³-hybridized carbons (Fsp3) is 0.231. The molecule has 0 atom stereocenters. The van der Waals surface area contributed by atoms with Gasteiger partial charge in [-0.1, -0.05) is 27.5 Å². The van der Waals surface area contributed by atoms with Gasteiger partial charge in [-0.3, -0.25) is 0 Å². The predicted octanol–water partition coefficient (Wildman–Crippen LogP) is 3.46. The maximum absolute atomic E-state index is 6.18. The Morgan fingerprint density at radius 2 is 2.05 bits per heavy atom. The minimum Gasteiger partial charge on any atom is -0.374 e. The molecular weight excluding hydrogens is 358 g/mol. The largest absolute Gasteiger partial charge is 0.374 e. The van der Waals surface area contributed by atoms with Crippen LogP contribution in [0.4, 0.5) is 17.3 Å². The highest BCUT2D eigenvalue weighted by Gasteiger charge is 2.07. The number of hydrogen-bond acceptors (Lipinski definition) is 6. The minimum atomic E-state index is 0.314. The molecule has 0 radical (unpaired) electrons. The molecule has 1 aromatic carbocycles. The number of halogens is 2. The lowest BCUT2D eigenvalue weighted by Crippen LogP contribution is -2.12. The lowest BCUT2D eigenvalue weighted by Gasteiger charge is -2.11. The SMILES string of the molecule is CCOCc1nc(NN)cc(Nc2ccc(Br)cc2Cl)n1. The van der Waals surface area contributed by atoms with E-state index in [0.717, 1.165) is 10.2 Å². The number of aromatic nitrogens is 2. The number of hydrogen-bond donors (Lipinski definition) is 3. The monoisotopic (exact) mass is 371 g/mol. The van der Waals surface area contributed by atoms with E-state index in [9.17, 15) is 0 Å². The van der Waals surface area contributed by atoms with Crippen LogP contribution in [0.5, 0.6) is 0 Å². The normalized spacial score (nSPS) is 10.5. The maximum Gasteiger partial charge on any atom is 0.158 e. The van der Waals surface area contributed by atoms with Crippen molar-refractivity contribution >= 4 is 44.9 Å². The zero-order valence-corrected chi connectivity index (χ0v) is 13.7. The average molecular weight is 373 g/mol. The van der Waals surface area contributed by atoms with Gasteiger partial charge in [0.1, 0.15) is 18.2 Å². The number of anilines is 3. The van der Waals surface area contributed by atoms with E-state index in [1.54, 1.807) is 12.1 Å². The molecule has 0 bridgehead atoms. The summed E-state index contributed by atoms with van der Waals surface area (Å²) in [5.41, 5.74) is 3.25. The van der Waals surface area contributed by atoms with Crippen LogP contribution in [0.3, 0.4) is 0 Å². The van der Waals surface area contributed by atoms with Gasteiger partial charge in [0.05, 0.1) is 10.7 Å². The molecule has 0 aliphatic rings. The van der Waals surface area contributed by atoms with E-state index >= 15 is 0 Å². The second-order valence-electron chi connectivity index (χ2n) is 4.09. The molecule has 0 saturated carbocycles. The average Bonchev–Trinajstić information content (AvgIpc) is 2.48. The van der Waals surface area contributed by atoms with Crippen LogP contribution in [0.25, 0.3) is 0 Å². The van der Waals surface area contributed by atoms with Gasteiger partial charge < -0.3 is 15.5 Å². The molecule has 4 N–H and O–H groups in total. The fourth-order valence-corrected chi connectivity index (χ4v) is 2.34. The van der Waals surface area contributed by atoms with Crippen molar-refractivity contribution in [3.05, 3.63) is 39.6 Å². The Morgan fingerprint density at radius 3 is 2.71 bits per heavy atom. The molecule has 6 nitrogen and oxygen atoms in total. The van der Waals surface area contributed by atoms with Gasteiger partial charge in [0.2, 0.25) is 0 Å². The topological polar surface area (TPSA) is 85.1 Å². The van der Waals surface area contributed by atoms with E-state index in [0.29, 0.717) is 35.7 Å². The molecule has 0 unspecified atom stereocenters. The van der Waals surface area contributed by atoms with Gasteiger partial charge in [0, 0.05) is 17.1 Å². The first-order valence-electron chi connectivity index (χ1n) is 6.26. The van der Waals surface area contributed by atoms with Crippen molar-refractivity contribution < 1.29 is 4.74 Å². The summed E-state index contributed by atoms with van der Waals surface area (Å²) < 4.78 is 6.21. The van der Waals surface area contributed by atoms with Crippen LogP contribution in [0.1, 0.15) is 12.7 Å². The van der Waals surface area contributed by atoms with E-state index in [2.05, 4.69) is 36.6 Å². The third-order valence-electron chi connectivity index (χ3n) is 2.55. The Labute approximate surface area is 136 Å². The van der Waals surface area contributed by atoms with E-state index < -0.39 is 0 Å². The Kier molecular flexibility index (Phi) is 5.75. The third-order valence-corrected chi connectivity index (χ3v) is 3.36. The molecule has 0 aliphatic carbocycles. The van der Waals surface area contributed by atoms with Gasteiger partial charge in [-0.15, -0.1) is 0 Å². The molecule has 0 saturated heterocycles. The summed E-state index contributed by atoms with van der Waals surface area (Å²) in [5, 5.41) is 3.72. The van der Waals surface area contributed by atoms with Gasteiger partial charge in [0.25, 0.3) is 0 Å². The van der Waals surface area contributed by atoms with E-state index in [1.807, 2.05) is 19.1 Å². The van der Waals surface area contributed by atoms with E-state index in [1.165, 1.54) is 0 Å². The van der Waals surface area contributed by atoms with Crippen LogP contribution in [0.2, 0.25) is 5.02 Å². The predicted molar refractivity (Wildman–Crippen MR) is 87.6 cm³/mol. The first-order valence-corrected chi connectivity index (χ1v) is 7.44. The van der Waals surface area contributed by atoms with Crippen molar-refractivity contribution in [1.29, 1.82) is 0 Å². The second kappa shape index (κ2) is 7.56. The summed E-state index contributed by atoms with van der Waals surface area (Å²) in [7, 11) is 0. The molecular formula is C13H15BrClN5O. The molecule has 1 aromatic heterocycles. The van der Waals surface area contributed by atoms with Gasteiger partial charge in [-0.25, -0.2) is 15.8 Å². The molecule has 8 heteroatoms. The number of nitrogens with zero attached hydrogens (tertiary/aromatic N) is 2. The van der Waals surface area contributed by atoms with Crippen molar-refractivity contribution in [2.45, 2.75) is 13.5 Å². The number of nitrogens with one attached hydrogen (secondary N) is 2. The van der Waals surface area contributed by atoms with Crippen molar-refractivity contribution in [3.8, 4) is 0 Å². The molecule has 0 amide bonds. The number of nitrogens with two attached hydrogens (primary N) is 1. The van der Waals surface area contributed by atoms with E-state index in [-0.39, 0.29) is 0 Å². The van der Waals surface area contributed by atoms with Gasteiger partial charge in [-0.05, 0) is 25.1 Å². The Bertz CT molecular complexity index is 626. The molecule has 112 valence electrons. The first kappa shape index (κ1) is 16.0. The maximum atomic E-state index is 6.18. The van der Waals surface area contributed by atoms with Crippen LogP contribution in [-0.4, -0.2) is 16.6 Å². The molecule has 2 aromatic rings.